The molecule has 0 bridgehead atoms. The van der Waals surface area contributed by atoms with Gasteiger partial charge in [0.15, 0.2) is 5.13 Å². The zero-order valence-corrected chi connectivity index (χ0v) is 15.2. The summed E-state index contributed by atoms with van der Waals surface area (Å²) in [5.74, 6) is -0.0680. The molecule has 0 atom stereocenters. The van der Waals surface area contributed by atoms with Crippen LogP contribution in [0.4, 0.5) is 15.5 Å². The smallest absolute Gasteiger partial charge is 0.229 e. The number of nitrogens with zero attached hydrogens (tertiary/aromatic N) is 3. The Balaban J connectivity index is 1.56. The molecule has 0 saturated carbocycles. The molecule has 2 N–H and O–H groups in total. The second kappa shape index (κ2) is 8.01. The molecular formula is C18H18FN5OS. The van der Waals surface area contributed by atoms with Gasteiger partial charge in [-0.15, -0.1) is 11.3 Å². The highest BCUT2D eigenvalue weighted by atomic mass is 32.1. The van der Waals surface area contributed by atoms with Gasteiger partial charge in [-0.1, -0.05) is 18.2 Å². The number of anilines is 2. The number of nitrogens with one attached hydrogen (secondary N) is 2. The number of hydrogen-bond acceptors (Lipinski definition) is 6. The molecule has 3 rings (SSSR count). The Morgan fingerprint density at radius 3 is 2.62 bits per heavy atom. The van der Waals surface area contributed by atoms with Crippen molar-refractivity contribution in [1.29, 1.82) is 0 Å². The number of amides is 1. The van der Waals surface area contributed by atoms with Crippen molar-refractivity contribution in [2.24, 2.45) is 0 Å². The van der Waals surface area contributed by atoms with Gasteiger partial charge in [-0.05, 0) is 26.0 Å². The number of halogens is 1. The van der Waals surface area contributed by atoms with Gasteiger partial charge < -0.3 is 10.6 Å². The molecule has 0 spiro atoms. The largest absolute Gasteiger partial charge is 0.352 e. The molecule has 1 aromatic carbocycles. The molecule has 2 aromatic heterocycles. The highest BCUT2D eigenvalue weighted by molar-refractivity contribution is 7.13. The first-order valence-electron chi connectivity index (χ1n) is 8.03. The lowest BCUT2D eigenvalue weighted by molar-refractivity contribution is -0.120. The third-order valence-electron chi connectivity index (χ3n) is 3.53. The lowest BCUT2D eigenvalue weighted by Crippen LogP contribution is -2.25. The van der Waals surface area contributed by atoms with E-state index in [1.807, 2.05) is 19.9 Å². The molecule has 0 aliphatic carbocycles. The van der Waals surface area contributed by atoms with Crippen LogP contribution >= 0.6 is 11.3 Å². The molecule has 0 radical (unpaired) electrons. The van der Waals surface area contributed by atoms with Crippen molar-refractivity contribution in [3.05, 3.63) is 64.2 Å². The minimum absolute atomic E-state index is 0.125. The summed E-state index contributed by atoms with van der Waals surface area (Å²) in [6.45, 7) is 3.94. The quantitative estimate of drug-likeness (QED) is 0.695. The molecule has 0 aliphatic heterocycles. The van der Waals surface area contributed by atoms with Gasteiger partial charge in [-0.2, -0.15) is 0 Å². The van der Waals surface area contributed by atoms with E-state index in [2.05, 4.69) is 25.6 Å². The second-order valence-electron chi connectivity index (χ2n) is 5.79. The summed E-state index contributed by atoms with van der Waals surface area (Å²) in [7, 11) is 0. The summed E-state index contributed by atoms with van der Waals surface area (Å²) in [6.07, 6.45) is 0.125. The molecule has 1 amide bonds. The number of hydrogen-bond donors (Lipinski definition) is 2. The Morgan fingerprint density at radius 1 is 1.15 bits per heavy atom. The monoisotopic (exact) mass is 371 g/mol. The van der Waals surface area contributed by atoms with Gasteiger partial charge in [-0.3, -0.25) is 4.79 Å². The average Bonchev–Trinajstić information content (AvgIpc) is 3.00. The van der Waals surface area contributed by atoms with Gasteiger partial charge in [0.2, 0.25) is 11.9 Å². The summed E-state index contributed by atoms with van der Waals surface area (Å²) >= 11 is 1.37. The van der Waals surface area contributed by atoms with Gasteiger partial charge in [-0.25, -0.2) is 19.3 Å². The second-order valence-corrected chi connectivity index (χ2v) is 6.65. The normalized spacial score (nSPS) is 10.6. The Labute approximate surface area is 154 Å². The van der Waals surface area contributed by atoms with E-state index in [0.717, 1.165) is 11.4 Å². The van der Waals surface area contributed by atoms with E-state index in [1.54, 1.807) is 23.6 Å². The van der Waals surface area contributed by atoms with Gasteiger partial charge in [0, 0.05) is 28.9 Å². The van der Waals surface area contributed by atoms with E-state index < -0.39 is 0 Å². The molecule has 26 heavy (non-hydrogen) atoms. The predicted octanol–water partition coefficient (Wildman–Crippen LogP) is 3.29. The SMILES string of the molecule is Cc1cc(C)nc(Nc2nc(CC(=O)NCc3ccccc3F)cs2)n1. The van der Waals surface area contributed by atoms with Crippen molar-refractivity contribution in [3.8, 4) is 0 Å². The number of carbonyl (C=O) groups is 1. The molecule has 0 saturated heterocycles. The Bertz CT molecular complexity index is 907. The first-order chi connectivity index (χ1) is 12.5. The summed E-state index contributed by atoms with van der Waals surface area (Å²) < 4.78 is 13.6. The fourth-order valence-electron chi connectivity index (χ4n) is 2.39. The fourth-order valence-corrected chi connectivity index (χ4v) is 3.09. The van der Waals surface area contributed by atoms with Crippen LogP contribution in [0.2, 0.25) is 0 Å². The van der Waals surface area contributed by atoms with Crippen molar-refractivity contribution in [1.82, 2.24) is 20.3 Å². The first-order valence-corrected chi connectivity index (χ1v) is 8.91. The molecule has 2 heterocycles. The summed E-state index contributed by atoms with van der Waals surface area (Å²) in [5, 5.41) is 8.17. The van der Waals surface area contributed by atoms with Gasteiger partial charge >= 0.3 is 0 Å². The van der Waals surface area contributed by atoms with Crippen LogP contribution in [0.1, 0.15) is 22.6 Å². The van der Waals surface area contributed by atoms with Crippen LogP contribution in [0.25, 0.3) is 0 Å². The third-order valence-corrected chi connectivity index (χ3v) is 4.33. The third kappa shape index (κ3) is 4.82. The number of benzene rings is 1. The van der Waals surface area contributed by atoms with Crippen molar-refractivity contribution >= 4 is 28.3 Å². The van der Waals surface area contributed by atoms with E-state index in [1.165, 1.54) is 17.4 Å². The van der Waals surface area contributed by atoms with Gasteiger partial charge in [0.05, 0.1) is 12.1 Å². The zero-order valence-electron chi connectivity index (χ0n) is 14.4. The van der Waals surface area contributed by atoms with Gasteiger partial charge in [0.1, 0.15) is 5.82 Å². The van der Waals surface area contributed by atoms with Crippen LogP contribution in [0.3, 0.4) is 0 Å². The van der Waals surface area contributed by atoms with Crippen LogP contribution in [0, 0.1) is 19.7 Å². The van der Waals surface area contributed by atoms with E-state index in [9.17, 15) is 9.18 Å². The lowest BCUT2D eigenvalue weighted by Gasteiger charge is -2.05. The molecule has 0 unspecified atom stereocenters. The number of rotatable bonds is 6. The number of aryl methyl sites for hydroxylation is 2. The highest BCUT2D eigenvalue weighted by Gasteiger charge is 2.10. The number of thiazole rings is 1. The minimum atomic E-state index is -0.332. The minimum Gasteiger partial charge on any atom is -0.352 e. The van der Waals surface area contributed by atoms with E-state index in [0.29, 0.717) is 22.3 Å². The van der Waals surface area contributed by atoms with Crippen molar-refractivity contribution in [2.45, 2.75) is 26.8 Å². The van der Waals surface area contributed by atoms with E-state index >= 15 is 0 Å². The maximum atomic E-state index is 13.6. The van der Waals surface area contributed by atoms with Crippen molar-refractivity contribution in [3.63, 3.8) is 0 Å². The number of aromatic nitrogens is 3. The highest BCUT2D eigenvalue weighted by Crippen LogP contribution is 2.19. The average molecular weight is 371 g/mol. The summed E-state index contributed by atoms with van der Waals surface area (Å²) in [4.78, 5) is 25.0. The van der Waals surface area contributed by atoms with Crippen molar-refractivity contribution in [2.75, 3.05) is 5.32 Å². The maximum absolute atomic E-state index is 13.6. The topological polar surface area (TPSA) is 79.8 Å². The van der Waals surface area contributed by atoms with Crippen LogP contribution in [0.5, 0.6) is 0 Å². The van der Waals surface area contributed by atoms with Crippen LogP contribution in [-0.4, -0.2) is 20.9 Å². The van der Waals surface area contributed by atoms with Crippen LogP contribution in [-0.2, 0) is 17.8 Å². The van der Waals surface area contributed by atoms with E-state index in [4.69, 9.17) is 0 Å². The van der Waals surface area contributed by atoms with Gasteiger partial charge in [0.25, 0.3) is 0 Å². The predicted molar refractivity (Wildman–Crippen MR) is 98.9 cm³/mol. The van der Waals surface area contributed by atoms with Crippen LogP contribution < -0.4 is 10.6 Å². The maximum Gasteiger partial charge on any atom is 0.229 e. The first kappa shape index (κ1) is 17.9. The Hall–Kier alpha value is -2.87. The molecule has 0 fully saturated rings. The van der Waals surface area contributed by atoms with E-state index in [-0.39, 0.29) is 24.7 Å². The molecule has 134 valence electrons. The zero-order chi connectivity index (χ0) is 18.5. The lowest BCUT2D eigenvalue weighted by atomic mass is 10.2. The summed E-state index contributed by atoms with van der Waals surface area (Å²) in [6, 6.07) is 8.25. The molecular weight excluding hydrogens is 353 g/mol. The molecule has 3 aromatic rings. The molecule has 0 aliphatic rings. The fraction of sp³-hybridized carbons (Fsp3) is 0.222. The van der Waals surface area contributed by atoms with Crippen molar-refractivity contribution < 1.29 is 9.18 Å². The Morgan fingerprint density at radius 2 is 1.88 bits per heavy atom. The number of carbonyl (C=O) groups excluding carboxylic acids is 1. The Kier molecular flexibility index (Phi) is 5.52. The molecule has 8 heteroatoms. The van der Waals surface area contributed by atoms with Crippen LogP contribution in [0.15, 0.2) is 35.7 Å². The standard InChI is InChI=1S/C18H18FN5OS/c1-11-7-12(2)22-17(21-11)24-18-23-14(10-26-18)8-16(25)20-9-13-5-3-4-6-15(13)19/h3-7,10H,8-9H2,1-2H3,(H,20,25)(H,21,22,23,24). The summed E-state index contributed by atoms with van der Waals surface area (Å²) in [5.41, 5.74) is 2.81. The molecule has 6 nitrogen and oxygen atoms in total.